The molecule has 3 heterocycles. The van der Waals surface area contributed by atoms with Gasteiger partial charge in [0.25, 0.3) is 0 Å². The number of thiazole rings is 1. The van der Waals surface area contributed by atoms with E-state index in [-0.39, 0.29) is 12.1 Å². The molecule has 0 fully saturated rings. The van der Waals surface area contributed by atoms with Gasteiger partial charge < -0.3 is 15.2 Å². The summed E-state index contributed by atoms with van der Waals surface area (Å²) < 4.78 is 3.46. The van der Waals surface area contributed by atoms with Gasteiger partial charge in [0.05, 0.1) is 22.0 Å². The second kappa shape index (κ2) is 8.61. The Morgan fingerprint density at radius 2 is 1.62 bits per heavy atom. The Morgan fingerprint density at radius 3 is 2.46 bits per heavy atom. The highest BCUT2D eigenvalue weighted by molar-refractivity contribution is 7.19. The molecule has 1 atom stereocenters. The van der Waals surface area contributed by atoms with Crippen LogP contribution in [-0.4, -0.2) is 15.6 Å². The summed E-state index contributed by atoms with van der Waals surface area (Å²) in [5.74, 6) is 0. The fraction of sp³-hybridized carbons (Fsp3) is 0.0968. The van der Waals surface area contributed by atoms with Gasteiger partial charge in [0.2, 0.25) is 0 Å². The lowest BCUT2D eigenvalue weighted by Crippen LogP contribution is -2.42. The molecule has 0 aliphatic carbocycles. The van der Waals surface area contributed by atoms with E-state index < -0.39 is 0 Å². The van der Waals surface area contributed by atoms with Gasteiger partial charge in [0, 0.05) is 33.9 Å². The quantitative estimate of drug-likeness (QED) is 0.266. The molecule has 1 aliphatic heterocycles. The van der Waals surface area contributed by atoms with Gasteiger partial charge in [-0.25, -0.2) is 9.78 Å². The van der Waals surface area contributed by atoms with Crippen molar-refractivity contribution in [1.29, 1.82) is 0 Å². The van der Waals surface area contributed by atoms with Crippen molar-refractivity contribution in [2.45, 2.75) is 19.5 Å². The number of hydrogen-bond acceptors (Lipinski definition) is 3. The number of aryl methyl sites for hydroxylation is 1. The lowest BCUT2D eigenvalue weighted by molar-refractivity contribution is 0.242. The third-order valence-corrected chi connectivity index (χ3v) is 8.17. The van der Waals surface area contributed by atoms with Crippen molar-refractivity contribution in [2.75, 3.05) is 0 Å². The Bertz CT molecular complexity index is 1810. The molecule has 0 bridgehead atoms. The summed E-state index contributed by atoms with van der Waals surface area (Å²) in [6.45, 7) is 3.06. The predicted octanol–water partition coefficient (Wildman–Crippen LogP) is 7.35. The van der Waals surface area contributed by atoms with Crippen LogP contribution in [0.3, 0.4) is 0 Å². The minimum Gasteiger partial charge on any atom is -0.341 e. The molecule has 37 heavy (non-hydrogen) atoms. The Morgan fingerprint density at radius 1 is 0.865 bits per heavy atom. The zero-order valence-electron chi connectivity index (χ0n) is 20.2. The molecule has 6 aromatic rings. The molecule has 6 heteroatoms. The van der Waals surface area contributed by atoms with Crippen LogP contribution in [0.4, 0.5) is 4.79 Å². The Kier molecular flexibility index (Phi) is 5.08. The first-order chi connectivity index (χ1) is 18.2. The SMILES string of the molecule is CCn1c2ccccc2c2cc(C3NC(=O)NC(c4ccccc4)=C3c3nc4ccccc4s3)ccc21. The van der Waals surface area contributed by atoms with Crippen molar-refractivity contribution < 1.29 is 4.79 Å². The van der Waals surface area contributed by atoms with Gasteiger partial charge in [-0.2, -0.15) is 0 Å². The average molecular weight is 501 g/mol. The number of carbonyl (C=O) groups excluding carboxylic acids is 1. The molecule has 2 N–H and O–H groups in total. The first-order valence-corrected chi connectivity index (χ1v) is 13.3. The van der Waals surface area contributed by atoms with Gasteiger partial charge in [-0.3, -0.25) is 0 Å². The molecule has 0 saturated heterocycles. The molecular formula is C31H24N4OS. The van der Waals surface area contributed by atoms with Crippen LogP contribution in [0.2, 0.25) is 0 Å². The largest absolute Gasteiger partial charge is 0.341 e. The van der Waals surface area contributed by atoms with Crippen molar-refractivity contribution >= 4 is 60.7 Å². The summed E-state index contributed by atoms with van der Waals surface area (Å²) in [5.41, 5.74) is 7.14. The zero-order chi connectivity index (χ0) is 24.9. The number of rotatable bonds is 4. The van der Waals surface area contributed by atoms with E-state index in [0.29, 0.717) is 0 Å². The summed E-state index contributed by atoms with van der Waals surface area (Å²) in [6, 6.07) is 32.7. The predicted molar refractivity (Wildman–Crippen MR) is 152 cm³/mol. The fourth-order valence-electron chi connectivity index (χ4n) is 5.46. The van der Waals surface area contributed by atoms with E-state index >= 15 is 0 Å². The summed E-state index contributed by atoms with van der Waals surface area (Å²) in [5, 5.41) is 9.61. The minimum absolute atomic E-state index is 0.218. The van der Waals surface area contributed by atoms with Crippen molar-refractivity contribution in [3.05, 3.63) is 113 Å². The monoisotopic (exact) mass is 500 g/mol. The molecule has 4 aromatic carbocycles. The van der Waals surface area contributed by atoms with E-state index in [1.54, 1.807) is 11.3 Å². The second-order valence-electron chi connectivity index (χ2n) is 9.21. The number of aromatic nitrogens is 2. The molecule has 5 nitrogen and oxygen atoms in total. The van der Waals surface area contributed by atoms with Crippen molar-refractivity contribution in [3.63, 3.8) is 0 Å². The van der Waals surface area contributed by atoms with Crippen molar-refractivity contribution in [3.8, 4) is 0 Å². The molecule has 0 radical (unpaired) electrons. The summed E-state index contributed by atoms with van der Waals surface area (Å²) in [4.78, 5) is 18.0. The number of carbonyl (C=O) groups is 1. The van der Waals surface area contributed by atoms with Gasteiger partial charge in [0.15, 0.2) is 0 Å². The van der Waals surface area contributed by atoms with Crippen LogP contribution >= 0.6 is 11.3 Å². The van der Waals surface area contributed by atoms with Crippen LogP contribution in [0, 0.1) is 0 Å². The maximum absolute atomic E-state index is 13.0. The lowest BCUT2D eigenvalue weighted by atomic mass is 9.92. The Balaban J connectivity index is 1.49. The van der Waals surface area contributed by atoms with Crippen LogP contribution in [0.25, 0.3) is 43.3 Å². The topological polar surface area (TPSA) is 59.0 Å². The molecule has 2 aromatic heterocycles. The third kappa shape index (κ3) is 3.52. The third-order valence-electron chi connectivity index (χ3n) is 7.10. The average Bonchev–Trinajstić information content (AvgIpc) is 3.51. The Labute approximate surface area is 218 Å². The van der Waals surface area contributed by atoms with E-state index in [1.165, 1.54) is 21.8 Å². The number of nitrogens with zero attached hydrogens (tertiary/aromatic N) is 2. The number of hydrogen-bond donors (Lipinski definition) is 2. The number of fused-ring (bicyclic) bond motifs is 4. The highest BCUT2D eigenvalue weighted by Gasteiger charge is 2.32. The molecule has 1 unspecified atom stereocenters. The van der Waals surface area contributed by atoms with Gasteiger partial charge in [-0.05, 0) is 48.4 Å². The van der Waals surface area contributed by atoms with Crippen LogP contribution < -0.4 is 10.6 Å². The standard InChI is InChI=1S/C31H24N4OS/c1-2-35-24-14-8-6-12-21(24)22-18-20(16-17-25(22)35)29-27(30-32-23-13-7-9-15-26(23)37-30)28(33-31(36)34-29)19-10-4-3-5-11-19/h3-18,29H,2H2,1H3,(H2,33,34,36). The van der Waals surface area contributed by atoms with Crippen molar-refractivity contribution in [2.24, 2.45) is 0 Å². The van der Waals surface area contributed by atoms with E-state index in [4.69, 9.17) is 4.98 Å². The van der Waals surface area contributed by atoms with Crippen molar-refractivity contribution in [1.82, 2.24) is 20.2 Å². The number of amides is 2. The molecule has 7 rings (SSSR count). The first kappa shape index (κ1) is 21.8. The van der Waals surface area contributed by atoms with E-state index in [1.807, 2.05) is 48.5 Å². The van der Waals surface area contributed by atoms with Gasteiger partial charge in [-0.1, -0.05) is 66.7 Å². The second-order valence-corrected chi connectivity index (χ2v) is 10.2. The highest BCUT2D eigenvalue weighted by atomic mass is 32.1. The molecule has 0 spiro atoms. The molecule has 2 amide bonds. The lowest BCUT2D eigenvalue weighted by Gasteiger charge is -2.30. The smallest absolute Gasteiger partial charge is 0.320 e. The first-order valence-electron chi connectivity index (χ1n) is 12.4. The van der Waals surface area contributed by atoms with Crippen LogP contribution in [0.1, 0.15) is 29.1 Å². The zero-order valence-corrected chi connectivity index (χ0v) is 21.0. The summed E-state index contributed by atoms with van der Waals surface area (Å²) in [7, 11) is 0. The minimum atomic E-state index is -0.349. The maximum Gasteiger partial charge on any atom is 0.320 e. The summed E-state index contributed by atoms with van der Waals surface area (Å²) in [6.07, 6.45) is 0. The number of urea groups is 1. The van der Waals surface area contributed by atoms with Crippen LogP contribution in [-0.2, 0) is 6.54 Å². The van der Waals surface area contributed by atoms with Gasteiger partial charge in [-0.15, -0.1) is 11.3 Å². The molecular weight excluding hydrogens is 476 g/mol. The molecule has 1 aliphatic rings. The summed E-state index contributed by atoms with van der Waals surface area (Å²) >= 11 is 1.65. The Hall–Kier alpha value is -4.42. The normalized spacial score (nSPS) is 15.9. The van der Waals surface area contributed by atoms with E-state index in [0.717, 1.165) is 44.2 Å². The molecule has 180 valence electrons. The number of nitrogens with one attached hydrogen (secondary N) is 2. The highest BCUT2D eigenvalue weighted by Crippen LogP contribution is 2.42. The van der Waals surface area contributed by atoms with Gasteiger partial charge >= 0.3 is 6.03 Å². The molecule has 0 saturated carbocycles. The van der Waals surface area contributed by atoms with Gasteiger partial charge in [0.1, 0.15) is 5.01 Å². The maximum atomic E-state index is 13.0. The number of benzene rings is 4. The van der Waals surface area contributed by atoms with E-state index in [2.05, 4.69) is 70.7 Å². The van der Waals surface area contributed by atoms with Crippen LogP contribution in [0.5, 0.6) is 0 Å². The van der Waals surface area contributed by atoms with E-state index in [9.17, 15) is 4.79 Å². The van der Waals surface area contributed by atoms with Crippen LogP contribution in [0.15, 0.2) is 97.1 Å². The fourth-order valence-corrected chi connectivity index (χ4v) is 6.50. The number of para-hydroxylation sites is 2.